The van der Waals surface area contributed by atoms with Crippen molar-refractivity contribution >= 4 is 5.82 Å². The number of hydrogen-bond donors (Lipinski definition) is 1. The summed E-state index contributed by atoms with van der Waals surface area (Å²) in [5.41, 5.74) is 7.99. The van der Waals surface area contributed by atoms with E-state index in [2.05, 4.69) is 42.2 Å². The molecule has 0 aliphatic rings. The Bertz CT molecular complexity index is 556. The number of aromatic nitrogens is 4. The third kappa shape index (κ3) is 1.89. The molecular formula is C13H21N5. The van der Waals surface area contributed by atoms with E-state index in [1.165, 1.54) is 0 Å². The first-order valence-corrected chi connectivity index (χ1v) is 6.20. The molecule has 0 saturated heterocycles. The van der Waals surface area contributed by atoms with Gasteiger partial charge in [0.05, 0.1) is 18.2 Å². The maximum atomic E-state index is 6.29. The molecule has 5 heteroatoms. The van der Waals surface area contributed by atoms with E-state index in [1.807, 2.05) is 11.6 Å². The summed E-state index contributed by atoms with van der Waals surface area (Å²) in [6, 6.07) is 0. The van der Waals surface area contributed by atoms with Crippen molar-refractivity contribution in [2.75, 3.05) is 5.73 Å². The Kier molecular flexibility index (Phi) is 2.92. The molecule has 0 saturated carbocycles. The van der Waals surface area contributed by atoms with E-state index < -0.39 is 0 Å². The monoisotopic (exact) mass is 247 g/mol. The van der Waals surface area contributed by atoms with E-state index in [9.17, 15) is 0 Å². The minimum Gasteiger partial charge on any atom is -0.383 e. The number of anilines is 1. The molecule has 0 unspecified atom stereocenters. The van der Waals surface area contributed by atoms with Crippen molar-refractivity contribution in [2.24, 2.45) is 7.05 Å². The van der Waals surface area contributed by atoms with Crippen molar-refractivity contribution in [3.63, 3.8) is 0 Å². The van der Waals surface area contributed by atoms with Gasteiger partial charge in [0.15, 0.2) is 0 Å². The van der Waals surface area contributed by atoms with Crippen LogP contribution in [0, 0.1) is 0 Å². The van der Waals surface area contributed by atoms with Gasteiger partial charge in [0.2, 0.25) is 0 Å². The van der Waals surface area contributed by atoms with Gasteiger partial charge in [-0.15, -0.1) is 0 Å². The SMILES string of the molecule is CCc1nc(-c2cncn2C)c(N)n1C(C)(C)C. The Morgan fingerprint density at radius 1 is 1.33 bits per heavy atom. The third-order valence-corrected chi connectivity index (χ3v) is 3.03. The second-order valence-electron chi connectivity index (χ2n) is 5.51. The molecule has 0 bridgehead atoms. The standard InChI is InChI=1S/C13H21N5/c1-6-10-16-11(9-7-15-8-17(9)5)12(14)18(10)13(2,3)4/h7-8H,6,14H2,1-5H3. The van der Waals surface area contributed by atoms with Crippen LogP contribution in [0.3, 0.4) is 0 Å². The highest BCUT2D eigenvalue weighted by Crippen LogP contribution is 2.31. The lowest BCUT2D eigenvalue weighted by molar-refractivity contribution is 0.389. The molecule has 0 radical (unpaired) electrons. The quantitative estimate of drug-likeness (QED) is 0.884. The maximum Gasteiger partial charge on any atom is 0.133 e. The number of nitrogens with two attached hydrogens (primary N) is 1. The lowest BCUT2D eigenvalue weighted by atomic mass is 10.1. The van der Waals surface area contributed by atoms with Crippen molar-refractivity contribution in [3.05, 3.63) is 18.3 Å². The Hall–Kier alpha value is -1.78. The second-order valence-corrected chi connectivity index (χ2v) is 5.51. The van der Waals surface area contributed by atoms with Crippen molar-refractivity contribution < 1.29 is 0 Å². The van der Waals surface area contributed by atoms with Gasteiger partial charge in [-0.2, -0.15) is 0 Å². The minimum absolute atomic E-state index is 0.0702. The van der Waals surface area contributed by atoms with Crippen LogP contribution in [0.5, 0.6) is 0 Å². The van der Waals surface area contributed by atoms with Crippen LogP contribution < -0.4 is 5.73 Å². The predicted molar refractivity (Wildman–Crippen MR) is 73.2 cm³/mol. The molecule has 0 aliphatic carbocycles. The van der Waals surface area contributed by atoms with Crippen LogP contribution in [0.25, 0.3) is 11.4 Å². The number of nitrogens with zero attached hydrogens (tertiary/aromatic N) is 4. The topological polar surface area (TPSA) is 61.7 Å². The van der Waals surface area contributed by atoms with Gasteiger partial charge in [-0.25, -0.2) is 9.97 Å². The number of imidazole rings is 2. The predicted octanol–water partition coefficient (Wildman–Crippen LogP) is 2.18. The van der Waals surface area contributed by atoms with Crippen molar-refractivity contribution in [2.45, 2.75) is 39.7 Å². The second kappa shape index (κ2) is 4.15. The number of nitrogen functional groups attached to an aromatic ring is 1. The average molecular weight is 247 g/mol. The molecule has 0 fully saturated rings. The van der Waals surface area contributed by atoms with Crippen molar-refractivity contribution in [1.82, 2.24) is 19.1 Å². The Balaban J connectivity index is 2.66. The first-order chi connectivity index (χ1) is 8.36. The van der Waals surface area contributed by atoms with Crippen LogP contribution in [-0.2, 0) is 19.0 Å². The van der Waals surface area contributed by atoms with E-state index in [1.54, 1.807) is 12.5 Å². The average Bonchev–Trinajstić information content (AvgIpc) is 2.80. The van der Waals surface area contributed by atoms with Crippen LogP contribution in [-0.4, -0.2) is 19.1 Å². The summed E-state index contributed by atoms with van der Waals surface area (Å²) in [6.07, 6.45) is 4.42. The highest BCUT2D eigenvalue weighted by atomic mass is 15.2. The summed E-state index contributed by atoms with van der Waals surface area (Å²) < 4.78 is 4.04. The Labute approximate surface area is 108 Å². The van der Waals surface area contributed by atoms with Gasteiger partial charge in [-0.05, 0) is 20.8 Å². The van der Waals surface area contributed by atoms with Crippen LogP contribution in [0.15, 0.2) is 12.5 Å². The van der Waals surface area contributed by atoms with Gasteiger partial charge in [-0.1, -0.05) is 6.92 Å². The van der Waals surface area contributed by atoms with E-state index in [-0.39, 0.29) is 5.54 Å². The fourth-order valence-corrected chi connectivity index (χ4v) is 2.24. The summed E-state index contributed by atoms with van der Waals surface area (Å²) in [4.78, 5) is 8.80. The highest BCUT2D eigenvalue weighted by Gasteiger charge is 2.24. The van der Waals surface area contributed by atoms with E-state index >= 15 is 0 Å². The lowest BCUT2D eigenvalue weighted by Gasteiger charge is -2.24. The van der Waals surface area contributed by atoms with Gasteiger partial charge in [0.25, 0.3) is 0 Å². The molecule has 2 aromatic heterocycles. The first-order valence-electron chi connectivity index (χ1n) is 6.20. The van der Waals surface area contributed by atoms with Gasteiger partial charge in [0, 0.05) is 19.0 Å². The fraction of sp³-hybridized carbons (Fsp3) is 0.538. The molecule has 2 aromatic rings. The molecule has 0 aromatic carbocycles. The molecule has 0 aliphatic heterocycles. The normalized spacial score (nSPS) is 12.1. The molecule has 0 amide bonds. The van der Waals surface area contributed by atoms with Gasteiger partial charge in [-0.3, -0.25) is 0 Å². The van der Waals surface area contributed by atoms with Crippen LogP contribution in [0.1, 0.15) is 33.5 Å². The lowest BCUT2D eigenvalue weighted by Crippen LogP contribution is -2.25. The molecule has 2 rings (SSSR count). The molecule has 5 nitrogen and oxygen atoms in total. The van der Waals surface area contributed by atoms with Crippen molar-refractivity contribution in [1.29, 1.82) is 0 Å². The molecule has 2 N–H and O–H groups in total. The summed E-state index contributed by atoms with van der Waals surface area (Å²) in [5, 5.41) is 0. The van der Waals surface area contributed by atoms with Gasteiger partial charge >= 0.3 is 0 Å². The zero-order valence-corrected chi connectivity index (χ0v) is 11.7. The van der Waals surface area contributed by atoms with Crippen LogP contribution in [0.2, 0.25) is 0 Å². The van der Waals surface area contributed by atoms with E-state index in [4.69, 9.17) is 5.73 Å². The molecular weight excluding hydrogens is 226 g/mol. The smallest absolute Gasteiger partial charge is 0.133 e. The number of rotatable bonds is 2. The fourth-order valence-electron chi connectivity index (χ4n) is 2.24. The van der Waals surface area contributed by atoms with E-state index in [0.29, 0.717) is 5.82 Å². The first kappa shape index (κ1) is 12.7. The molecule has 0 spiro atoms. The maximum absolute atomic E-state index is 6.29. The molecule has 18 heavy (non-hydrogen) atoms. The third-order valence-electron chi connectivity index (χ3n) is 3.03. The highest BCUT2D eigenvalue weighted by molar-refractivity contribution is 5.68. The summed E-state index contributed by atoms with van der Waals surface area (Å²) in [6.45, 7) is 8.50. The minimum atomic E-state index is -0.0702. The molecule has 2 heterocycles. The Morgan fingerprint density at radius 2 is 2.00 bits per heavy atom. The zero-order valence-electron chi connectivity index (χ0n) is 11.7. The summed E-state index contributed by atoms with van der Waals surface area (Å²) in [5.74, 6) is 1.72. The zero-order chi connectivity index (χ0) is 13.5. The Morgan fingerprint density at radius 3 is 2.39 bits per heavy atom. The van der Waals surface area contributed by atoms with Crippen LogP contribution in [0.4, 0.5) is 5.82 Å². The van der Waals surface area contributed by atoms with Gasteiger partial charge in [0.1, 0.15) is 17.3 Å². The van der Waals surface area contributed by atoms with Gasteiger partial charge < -0.3 is 14.9 Å². The van der Waals surface area contributed by atoms with E-state index in [0.717, 1.165) is 23.6 Å². The van der Waals surface area contributed by atoms with Crippen molar-refractivity contribution in [3.8, 4) is 11.4 Å². The molecule has 0 atom stereocenters. The number of hydrogen-bond acceptors (Lipinski definition) is 3. The summed E-state index contributed by atoms with van der Waals surface area (Å²) in [7, 11) is 1.95. The summed E-state index contributed by atoms with van der Waals surface area (Å²) >= 11 is 0. The van der Waals surface area contributed by atoms with Crippen LogP contribution >= 0.6 is 0 Å². The number of aryl methyl sites for hydroxylation is 2. The largest absolute Gasteiger partial charge is 0.383 e. The molecule has 98 valence electrons.